The van der Waals surface area contributed by atoms with Gasteiger partial charge in [-0.05, 0) is 24.3 Å². The van der Waals surface area contributed by atoms with Crippen molar-refractivity contribution in [3.8, 4) is 5.75 Å². The van der Waals surface area contributed by atoms with Crippen LogP contribution in [0.3, 0.4) is 0 Å². The van der Waals surface area contributed by atoms with Crippen LogP contribution in [0.4, 0.5) is 10.1 Å². The van der Waals surface area contributed by atoms with Crippen molar-refractivity contribution in [1.29, 1.82) is 0 Å². The fraction of sp³-hybridized carbons (Fsp3) is 0.316. The van der Waals surface area contributed by atoms with Gasteiger partial charge in [0.15, 0.2) is 6.54 Å². The summed E-state index contributed by atoms with van der Waals surface area (Å²) < 4.78 is 45.6. The molecule has 2 N–H and O–H groups in total. The van der Waals surface area contributed by atoms with Gasteiger partial charge in [-0.25, -0.2) is 12.8 Å². The van der Waals surface area contributed by atoms with E-state index in [0.29, 0.717) is 24.5 Å². The smallest absolute Gasteiger partial charge is 0.279 e. The molecule has 0 aliphatic carbocycles. The third-order valence-electron chi connectivity index (χ3n) is 4.68. The third-order valence-corrected chi connectivity index (χ3v) is 6.61. The summed E-state index contributed by atoms with van der Waals surface area (Å²) in [5.74, 6) is -0.356. The second-order valence-electron chi connectivity index (χ2n) is 6.51. The van der Waals surface area contributed by atoms with Crippen LogP contribution in [0, 0.1) is 5.82 Å². The van der Waals surface area contributed by atoms with Crippen molar-refractivity contribution in [2.24, 2.45) is 0 Å². The molecule has 0 bridgehead atoms. The Hall–Kier alpha value is -2.49. The summed E-state index contributed by atoms with van der Waals surface area (Å²) in [6.45, 7) is 1.60. The summed E-state index contributed by atoms with van der Waals surface area (Å²) in [6, 6.07) is 12.5. The van der Waals surface area contributed by atoms with E-state index in [1.807, 2.05) is 6.07 Å². The average Bonchev–Trinajstić information content (AvgIpc) is 2.69. The fourth-order valence-corrected chi connectivity index (χ4v) is 4.69. The topological polar surface area (TPSA) is 80.2 Å². The number of hydrogen-bond donors (Lipinski definition) is 2. The summed E-state index contributed by atoms with van der Waals surface area (Å²) in [6.07, 6.45) is 0. The highest BCUT2D eigenvalue weighted by atomic mass is 32.2. The monoisotopic (exact) mass is 408 g/mol. The Balaban J connectivity index is 1.57. The van der Waals surface area contributed by atoms with Crippen molar-refractivity contribution in [3.63, 3.8) is 0 Å². The number of quaternary nitrogens is 1. The van der Waals surface area contributed by atoms with Gasteiger partial charge >= 0.3 is 0 Å². The quantitative estimate of drug-likeness (QED) is 0.724. The predicted molar refractivity (Wildman–Crippen MR) is 102 cm³/mol. The molecule has 1 aliphatic rings. The highest BCUT2D eigenvalue weighted by molar-refractivity contribution is 7.89. The highest BCUT2D eigenvalue weighted by Gasteiger charge is 2.32. The van der Waals surface area contributed by atoms with Crippen LogP contribution in [0.25, 0.3) is 0 Å². The zero-order chi connectivity index (χ0) is 20.1. The highest BCUT2D eigenvalue weighted by Crippen LogP contribution is 2.22. The molecule has 0 radical (unpaired) electrons. The maximum Gasteiger partial charge on any atom is 0.279 e. The lowest BCUT2D eigenvalue weighted by molar-refractivity contribution is -0.895. The molecular formula is C19H23FN3O4S+. The number of halogens is 1. The first-order valence-electron chi connectivity index (χ1n) is 8.93. The standard InChI is InChI=1S/C19H22FN3O4S/c1-27-17-8-4-3-7-16(17)21-19(24)14-22-10-12-23(13-11-22)28(25,26)18-9-5-2-6-15(18)20/h2-9H,10-14H2,1H3,(H,21,24)/p+1. The number of benzene rings is 2. The number of anilines is 1. The number of sulfonamides is 1. The summed E-state index contributed by atoms with van der Waals surface area (Å²) >= 11 is 0. The van der Waals surface area contributed by atoms with Crippen molar-refractivity contribution < 1.29 is 27.2 Å². The summed E-state index contributed by atoms with van der Waals surface area (Å²) in [5.41, 5.74) is 0.593. The van der Waals surface area contributed by atoms with Crippen molar-refractivity contribution >= 4 is 21.6 Å². The Morgan fingerprint density at radius 1 is 1.14 bits per heavy atom. The summed E-state index contributed by atoms with van der Waals surface area (Å²) in [7, 11) is -2.34. The molecule has 150 valence electrons. The van der Waals surface area contributed by atoms with Gasteiger partial charge in [0.1, 0.15) is 16.5 Å². The minimum atomic E-state index is -3.87. The summed E-state index contributed by atoms with van der Waals surface area (Å²) in [5, 5.41) is 2.82. The minimum Gasteiger partial charge on any atom is -0.495 e. The number of amides is 1. The minimum absolute atomic E-state index is 0.176. The molecule has 3 rings (SSSR count). The Labute approximate surface area is 163 Å². The number of methoxy groups -OCH3 is 1. The molecule has 0 spiro atoms. The normalized spacial score (nSPS) is 15.9. The van der Waals surface area contributed by atoms with Crippen LogP contribution in [-0.2, 0) is 14.8 Å². The third kappa shape index (κ3) is 4.49. The largest absolute Gasteiger partial charge is 0.495 e. The number of nitrogens with one attached hydrogen (secondary N) is 2. The Morgan fingerprint density at radius 3 is 2.46 bits per heavy atom. The van der Waals surface area contributed by atoms with E-state index >= 15 is 0 Å². The van der Waals surface area contributed by atoms with Crippen LogP contribution in [0.5, 0.6) is 5.75 Å². The maximum absolute atomic E-state index is 13.9. The van der Waals surface area contributed by atoms with E-state index < -0.39 is 15.8 Å². The molecule has 9 heteroatoms. The van der Waals surface area contributed by atoms with E-state index in [4.69, 9.17) is 4.74 Å². The first-order chi connectivity index (χ1) is 13.4. The Bertz CT molecular complexity index is 944. The van der Waals surface area contributed by atoms with Crippen molar-refractivity contribution in [2.75, 3.05) is 45.2 Å². The average molecular weight is 408 g/mol. The first kappa shape index (κ1) is 20.2. The van der Waals surface area contributed by atoms with E-state index in [2.05, 4.69) is 5.32 Å². The lowest BCUT2D eigenvalue weighted by atomic mass is 10.3. The van der Waals surface area contributed by atoms with Crippen LogP contribution in [-0.4, -0.2) is 58.5 Å². The number of rotatable bonds is 6. The molecular weight excluding hydrogens is 385 g/mol. The van der Waals surface area contributed by atoms with Crippen LogP contribution < -0.4 is 15.0 Å². The van der Waals surface area contributed by atoms with Gasteiger partial charge in [-0.15, -0.1) is 0 Å². The molecule has 7 nitrogen and oxygen atoms in total. The van der Waals surface area contributed by atoms with Gasteiger partial charge in [0, 0.05) is 0 Å². The second-order valence-corrected chi connectivity index (χ2v) is 8.42. The van der Waals surface area contributed by atoms with Gasteiger partial charge in [0.25, 0.3) is 5.91 Å². The van der Waals surface area contributed by atoms with E-state index in [9.17, 15) is 17.6 Å². The van der Waals surface area contributed by atoms with Crippen molar-refractivity contribution in [1.82, 2.24) is 4.31 Å². The zero-order valence-corrected chi connectivity index (χ0v) is 16.3. The molecule has 0 aromatic heterocycles. The molecule has 0 atom stereocenters. The predicted octanol–water partition coefficient (Wildman–Crippen LogP) is 0.362. The maximum atomic E-state index is 13.9. The van der Waals surface area contributed by atoms with Gasteiger partial charge in [0.05, 0.1) is 39.0 Å². The van der Waals surface area contributed by atoms with Gasteiger partial charge in [0.2, 0.25) is 10.0 Å². The number of hydrogen-bond acceptors (Lipinski definition) is 4. The molecule has 0 unspecified atom stereocenters. The van der Waals surface area contributed by atoms with Crippen molar-refractivity contribution in [2.45, 2.75) is 4.90 Å². The number of carbonyl (C=O) groups excluding carboxylic acids is 1. The second kappa shape index (κ2) is 8.68. The first-order valence-corrected chi connectivity index (χ1v) is 10.4. The molecule has 2 aromatic carbocycles. The molecule has 1 saturated heterocycles. The molecule has 1 aliphatic heterocycles. The number of nitrogens with zero attached hydrogens (tertiary/aromatic N) is 1. The molecule has 2 aromatic rings. The van der Waals surface area contributed by atoms with E-state index in [0.717, 1.165) is 11.0 Å². The molecule has 1 amide bonds. The molecule has 28 heavy (non-hydrogen) atoms. The van der Waals surface area contributed by atoms with Gasteiger partial charge in [-0.1, -0.05) is 24.3 Å². The van der Waals surface area contributed by atoms with Gasteiger partial charge < -0.3 is 15.0 Å². The lowest BCUT2D eigenvalue weighted by Gasteiger charge is -2.31. The van der Waals surface area contributed by atoms with E-state index in [1.165, 1.54) is 29.6 Å². The fourth-order valence-electron chi connectivity index (χ4n) is 3.18. The van der Waals surface area contributed by atoms with Crippen LogP contribution in [0.15, 0.2) is 53.4 Å². The number of para-hydroxylation sites is 2. The van der Waals surface area contributed by atoms with Crippen LogP contribution >= 0.6 is 0 Å². The van der Waals surface area contributed by atoms with Crippen LogP contribution in [0.1, 0.15) is 0 Å². The Kier molecular flexibility index (Phi) is 6.28. The molecule has 0 saturated carbocycles. The van der Waals surface area contributed by atoms with Crippen molar-refractivity contribution in [3.05, 3.63) is 54.3 Å². The van der Waals surface area contributed by atoms with Gasteiger partial charge in [-0.3, -0.25) is 4.79 Å². The van der Waals surface area contributed by atoms with E-state index in [1.54, 1.807) is 18.2 Å². The van der Waals surface area contributed by atoms with Crippen LogP contribution in [0.2, 0.25) is 0 Å². The van der Waals surface area contributed by atoms with Gasteiger partial charge in [-0.2, -0.15) is 4.31 Å². The SMILES string of the molecule is COc1ccccc1NC(=O)C[NH+]1CCN(S(=O)(=O)c2ccccc2F)CC1. The molecule has 1 fully saturated rings. The number of piperazine rings is 1. The lowest BCUT2D eigenvalue weighted by Crippen LogP contribution is -3.15. The zero-order valence-electron chi connectivity index (χ0n) is 15.5. The number of ether oxygens (including phenoxy) is 1. The van der Waals surface area contributed by atoms with E-state index in [-0.39, 0.29) is 30.4 Å². The number of carbonyl (C=O) groups is 1. The molecule has 1 heterocycles. The Morgan fingerprint density at radius 2 is 1.79 bits per heavy atom. The summed E-state index contributed by atoms with van der Waals surface area (Å²) in [4.78, 5) is 13.0.